The Morgan fingerprint density at radius 2 is 2.12 bits per heavy atom. The molecular weight excluding hydrogens is 342 g/mol. The summed E-state index contributed by atoms with van der Waals surface area (Å²) < 4.78 is 26.5. The molecule has 136 valence electrons. The smallest absolute Gasteiger partial charge is 0.194 e. The Morgan fingerprint density at radius 3 is 2.72 bits per heavy atom. The van der Waals surface area contributed by atoms with E-state index < -0.39 is 11.6 Å². The number of nitrogens with zero attached hydrogens (tertiary/aromatic N) is 3. The van der Waals surface area contributed by atoms with Gasteiger partial charge < -0.3 is 10.2 Å². The van der Waals surface area contributed by atoms with Crippen molar-refractivity contribution in [2.45, 2.75) is 33.2 Å². The molecule has 0 spiro atoms. The summed E-state index contributed by atoms with van der Waals surface area (Å²) in [7, 11) is 1.96. The van der Waals surface area contributed by atoms with Crippen molar-refractivity contribution in [3.63, 3.8) is 0 Å². The van der Waals surface area contributed by atoms with Gasteiger partial charge in [0.2, 0.25) is 0 Å². The number of aryl methyl sites for hydroxylation is 1. The largest absolute Gasteiger partial charge is 0.357 e. The van der Waals surface area contributed by atoms with E-state index in [0.29, 0.717) is 13.1 Å². The van der Waals surface area contributed by atoms with Crippen LogP contribution >= 0.6 is 11.3 Å². The van der Waals surface area contributed by atoms with Crippen LogP contribution in [0.25, 0.3) is 0 Å². The topological polar surface area (TPSA) is 40.5 Å². The van der Waals surface area contributed by atoms with Gasteiger partial charge in [-0.3, -0.25) is 4.99 Å². The first-order chi connectivity index (χ1) is 11.9. The molecule has 0 aliphatic heterocycles. The monoisotopic (exact) mass is 366 g/mol. The Hall–Kier alpha value is -2.02. The molecule has 0 fully saturated rings. The fourth-order valence-electron chi connectivity index (χ4n) is 2.42. The lowest BCUT2D eigenvalue weighted by molar-refractivity contribution is 0.469. The highest BCUT2D eigenvalue weighted by molar-refractivity contribution is 7.09. The first-order valence-electron chi connectivity index (χ1n) is 8.26. The highest BCUT2D eigenvalue weighted by Crippen LogP contribution is 2.18. The van der Waals surface area contributed by atoms with Gasteiger partial charge in [0, 0.05) is 31.4 Å². The molecule has 0 radical (unpaired) electrons. The van der Waals surface area contributed by atoms with E-state index in [-0.39, 0.29) is 5.92 Å². The van der Waals surface area contributed by atoms with Gasteiger partial charge in [0.1, 0.15) is 0 Å². The summed E-state index contributed by atoms with van der Waals surface area (Å²) in [5, 5.41) is 6.33. The summed E-state index contributed by atoms with van der Waals surface area (Å²) >= 11 is 1.63. The Bertz CT molecular complexity index is 730. The number of rotatable bonds is 6. The lowest BCUT2D eigenvalue weighted by Crippen LogP contribution is -2.38. The van der Waals surface area contributed by atoms with E-state index in [2.05, 4.69) is 15.3 Å². The molecule has 0 aliphatic rings. The summed E-state index contributed by atoms with van der Waals surface area (Å²) in [6.07, 6.45) is 0. The van der Waals surface area contributed by atoms with Crippen molar-refractivity contribution >= 4 is 17.3 Å². The molecule has 1 aromatic carbocycles. The van der Waals surface area contributed by atoms with Crippen LogP contribution in [0.4, 0.5) is 8.78 Å². The van der Waals surface area contributed by atoms with Crippen molar-refractivity contribution in [2.75, 3.05) is 20.1 Å². The molecular formula is C18H24F2N4S. The van der Waals surface area contributed by atoms with Crippen LogP contribution in [0.1, 0.15) is 36.0 Å². The molecule has 0 saturated carbocycles. The number of aromatic nitrogens is 1. The van der Waals surface area contributed by atoms with Crippen molar-refractivity contribution < 1.29 is 8.78 Å². The minimum Gasteiger partial charge on any atom is -0.357 e. The number of halogens is 2. The van der Waals surface area contributed by atoms with Crippen molar-refractivity contribution in [3.05, 3.63) is 51.5 Å². The Morgan fingerprint density at radius 1 is 1.36 bits per heavy atom. The van der Waals surface area contributed by atoms with Gasteiger partial charge in [0.25, 0.3) is 0 Å². The van der Waals surface area contributed by atoms with Gasteiger partial charge in [-0.1, -0.05) is 13.0 Å². The first-order valence-corrected chi connectivity index (χ1v) is 9.14. The highest BCUT2D eigenvalue weighted by atomic mass is 32.1. The van der Waals surface area contributed by atoms with E-state index >= 15 is 0 Å². The molecule has 1 atom stereocenters. The second kappa shape index (κ2) is 8.89. The van der Waals surface area contributed by atoms with E-state index in [4.69, 9.17) is 0 Å². The summed E-state index contributed by atoms with van der Waals surface area (Å²) in [5.41, 5.74) is 1.74. The summed E-state index contributed by atoms with van der Waals surface area (Å²) in [6.45, 7) is 7.83. The minimum atomic E-state index is -0.828. The fourth-order valence-corrected chi connectivity index (χ4v) is 3.02. The minimum absolute atomic E-state index is 0.0151. The highest BCUT2D eigenvalue weighted by Gasteiger charge is 2.12. The number of hydrogen-bond acceptors (Lipinski definition) is 3. The summed E-state index contributed by atoms with van der Waals surface area (Å²) in [5.74, 6) is -0.899. The van der Waals surface area contributed by atoms with Crippen LogP contribution in [0, 0.1) is 18.6 Å². The van der Waals surface area contributed by atoms with Gasteiger partial charge >= 0.3 is 0 Å². The zero-order valence-electron chi connectivity index (χ0n) is 15.0. The molecule has 0 amide bonds. The Balaban J connectivity index is 2.05. The maximum absolute atomic E-state index is 13.4. The van der Waals surface area contributed by atoms with Crippen LogP contribution in [0.2, 0.25) is 0 Å². The standard InChI is InChI=1S/C18H24F2N4S/c1-5-21-18(24(4)10-15-11-25-13(3)23-15)22-9-12(2)14-6-7-16(19)17(20)8-14/h6-8,11-12H,5,9-10H2,1-4H3,(H,21,22). The second-order valence-electron chi connectivity index (χ2n) is 5.98. The van der Waals surface area contributed by atoms with Crippen LogP contribution in [-0.4, -0.2) is 36.0 Å². The van der Waals surface area contributed by atoms with Crippen molar-refractivity contribution in [2.24, 2.45) is 4.99 Å². The number of benzene rings is 1. The zero-order valence-corrected chi connectivity index (χ0v) is 15.8. The molecule has 0 bridgehead atoms. The number of hydrogen-bond donors (Lipinski definition) is 1. The van der Waals surface area contributed by atoms with Crippen molar-refractivity contribution in [1.82, 2.24) is 15.2 Å². The predicted molar refractivity (Wildman–Crippen MR) is 99.1 cm³/mol. The number of aliphatic imine (C=N–C) groups is 1. The third-order valence-corrected chi connectivity index (χ3v) is 4.61. The normalized spacial score (nSPS) is 13.0. The van der Waals surface area contributed by atoms with Crippen LogP contribution < -0.4 is 5.32 Å². The third-order valence-electron chi connectivity index (χ3n) is 3.79. The van der Waals surface area contributed by atoms with Crippen LogP contribution in [0.5, 0.6) is 0 Å². The molecule has 2 aromatic rings. The lowest BCUT2D eigenvalue weighted by Gasteiger charge is -2.22. The molecule has 25 heavy (non-hydrogen) atoms. The molecule has 2 rings (SSSR count). The molecule has 0 aliphatic carbocycles. The van der Waals surface area contributed by atoms with Gasteiger partial charge in [0.05, 0.1) is 17.2 Å². The van der Waals surface area contributed by atoms with E-state index in [0.717, 1.165) is 34.8 Å². The predicted octanol–water partition coefficient (Wildman–Crippen LogP) is 3.93. The summed E-state index contributed by atoms with van der Waals surface area (Å²) in [6, 6.07) is 4.00. The van der Waals surface area contributed by atoms with Gasteiger partial charge in [-0.05, 0) is 31.5 Å². The molecule has 1 aromatic heterocycles. The van der Waals surface area contributed by atoms with E-state index in [1.54, 1.807) is 17.4 Å². The molecule has 1 heterocycles. The van der Waals surface area contributed by atoms with E-state index in [1.807, 2.05) is 38.1 Å². The number of nitrogens with one attached hydrogen (secondary N) is 1. The SMILES string of the molecule is CCNC(=NCC(C)c1ccc(F)c(F)c1)N(C)Cc1csc(C)n1. The molecule has 7 heteroatoms. The van der Waals surface area contributed by atoms with Crippen LogP contribution in [0.15, 0.2) is 28.6 Å². The van der Waals surface area contributed by atoms with Crippen molar-refractivity contribution in [3.8, 4) is 0 Å². The quantitative estimate of drug-likeness (QED) is 0.622. The maximum atomic E-state index is 13.4. The van der Waals surface area contributed by atoms with E-state index in [1.165, 1.54) is 6.07 Å². The average molecular weight is 366 g/mol. The van der Waals surface area contributed by atoms with Crippen molar-refractivity contribution in [1.29, 1.82) is 0 Å². The Kier molecular flexibility index (Phi) is 6.87. The van der Waals surface area contributed by atoms with Crippen LogP contribution in [0.3, 0.4) is 0 Å². The summed E-state index contributed by atoms with van der Waals surface area (Å²) in [4.78, 5) is 11.1. The molecule has 0 saturated heterocycles. The lowest BCUT2D eigenvalue weighted by atomic mass is 10.0. The molecule has 1 unspecified atom stereocenters. The first kappa shape index (κ1) is 19.3. The number of guanidine groups is 1. The molecule has 4 nitrogen and oxygen atoms in total. The van der Waals surface area contributed by atoms with E-state index in [9.17, 15) is 8.78 Å². The third kappa shape index (κ3) is 5.49. The van der Waals surface area contributed by atoms with Gasteiger partial charge in [-0.15, -0.1) is 11.3 Å². The average Bonchev–Trinajstić information content (AvgIpc) is 2.98. The van der Waals surface area contributed by atoms with Gasteiger partial charge in [-0.2, -0.15) is 0 Å². The van der Waals surface area contributed by atoms with Gasteiger partial charge in [-0.25, -0.2) is 13.8 Å². The Labute approximate surface area is 151 Å². The second-order valence-corrected chi connectivity index (χ2v) is 7.05. The number of thiazole rings is 1. The fraction of sp³-hybridized carbons (Fsp3) is 0.444. The maximum Gasteiger partial charge on any atom is 0.194 e. The molecule has 1 N–H and O–H groups in total. The zero-order chi connectivity index (χ0) is 18.4. The van der Waals surface area contributed by atoms with Crippen LogP contribution in [-0.2, 0) is 6.54 Å². The van der Waals surface area contributed by atoms with Gasteiger partial charge in [0.15, 0.2) is 17.6 Å².